The molecule has 4 nitrogen and oxygen atoms in total. The zero-order valence-corrected chi connectivity index (χ0v) is 11.1. The SMILES string of the molecule is N#Cc1ccc(-n2c(=S)[nH]c3c(C#N)cccc32)cc1. The number of nitrogens with zero attached hydrogens (tertiary/aromatic N) is 3. The minimum Gasteiger partial charge on any atom is -0.329 e. The maximum Gasteiger partial charge on any atom is 0.182 e. The van der Waals surface area contributed by atoms with Crippen molar-refractivity contribution in [3.63, 3.8) is 0 Å². The van der Waals surface area contributed by atoms with E-state index in [4.69, 9.17) is 22.7 Å². The van der Waals surface area contributed by atoms with Crippen LogP contribution in [0.25, 0.3) is 16.7 Å². The molecule has 0 saturated heterocycles. The van der Waals surface area contributed by atoms with Gasteiger partial charge in [-0.05, 0) is 48.6 Å². The lowest BCUT2D eigenvalue weighted by molar-refractivity contribution is 1.06. The van der Waals surface area contributed by atoms with Gasteiger partial charge in [-0.15, -0.1) is 0 Å². The van der Waals surface area contributed by atoms with E-state index < -0.39 is 0 Å². The monoisotopic (exact) mass is 276 g/mol. The smallest absolute Gasteiger partial charge is 0.182 e. The molecule has 1 N–H and O–H groups in total. The van der Waals surface area contributed by atoms with Gasteiger partial charge in [0.05, 0.1) is 28.2 Å². The van der Waals surface area contributed by atoms with Crippen LogP contribution in [-0.4, -0.2) is 9.55 Å². The van der Waals surface area contributed by atoms with E-state index in [1.165, 1.54) is 0 Å². The lowest BCUT2D eigenvalue weighted by Gasteiger charge is -2.04. The van der Waals surface area contributed by atoms with E-state index in [-0.39, 0.29) is 0 Å². The second-order valence-electron chi connectivity index (χ2n) is 4.24. The highest BCUT2D eigenvalue weighted by Crippen LogP contribution is 2.22. The molecule has 20 heavy (non-hydrogen) atoms. The Morgan fingerprint density at radius 2 is 1.75 bits per heavy atom. The highest BCUT2D eigenvalue weighted by molar-refractivity contribution is 7.71. The summed E-state index contributed by atoms with van der Waals surface area (Å²) in [5.74, 6) is 0. The van der Waals surface area contributed by atoms with E-state index >= 15 is 0 Å². The molecule has 0 radical (unpaired) electrons. The normalized spacial score (nSPS) is 10.1. The molecule has 0 saturated carbocycles. The van der Waals surface area contributed by atoms with E-state index in [0.717, 1.165) is 16.7 Å². The fourth-order valence-corrected chi connectivity index (χ4v) is 2.47. The Kier molecular flexibility index (Phi) is 2.83. The number of hydrogen-bond donors (Lipinski definition) is 1. The highest BCUT2D eigenvalue weighted by atomic mass is 32.1. The van der Waals surface area contributed by atoms with Gasteiger partial charge in [-0.3, -0.25) is 4.57 Å². The first-order valence-electron chi connectivity index (χ1n) is 5.89. The summed E-state index contributed by atoms with van der Waals surface area (Å²) >= 11 is 5.34. The van der Waals surface area contributed by atoms with Crippen molar-refractivity contribution in [3.8, 4) is 17.8 Å². The van der Waals surface area contributed by atoms with Crippen LogP contribution in [0.5, 0.6) is 0 Å². The molecule has 0 bridgehead atoms. The Bertz CT molecular complexity index is 933. The van der Waals surface area contributed by atoms with E-state index in [9.17, 15) is 0 Å². The van der Waals surface area contributed by atoms with E-state index in [1.54, 1.807) is 18.2 Å². The first-order chi connectivity index (χ1) is 9.74. The predicted molar refractivity (Wildman–Crippen MR) is 77.9 cm³/mol. The van der Waals surface area contributed by atoms with Gasteiger partial charge in [-0.25, -0.2) is 0 Å². The molecule has 0 atom stereocenters. The van der Waals surface area contributed by atoms with Crippen molar-refractivity contribution in [3.05, 3.63) is 58.4 Å². The minimum absolute atomic E-state index is 0.521. The van der Waals surface area contributed by atoms with Crippen molar-refractivity contribution >= 4 is 23.3 Å². The molecule has 3 aromatic rings. The van der Waals surface area contributed by atoms with Crippen molar-refractivity contribution in [1.29, 1.82) is 10.5 Å². The van der Waals surface area contributed by atoms with Gasteiger partial charge in [0.1, 0.15) is 6.07 Å². The Labute approximate surface area is 120 Å². The summed E-state index contributed by atoms with van der Waals surface area (Å²) < 4.78 is 2.37. The largest absolute Gasteiger partial charge is 0.329 e. The number of fused-ring (bicyclic) bond motifs is 1. The third kappa shape index (κ3) is 1.78. The molecular formula is C15H8N4S. The standard InChI is InChI=1S/C15H8N4S/c16-8-10-4-6-12(7-5-10)19-13-3-1-2-11(9-17)14(13)18-15(19)20/h1-7H,(H,18,20). The van der Waals surface area contributed by atoms with Crippen LogP contribution in [0.2, 0.25) is 0 Å². The molecular weight excluding hydrogens is 268 g/mol. The van der Waals surface area contributed by atoms with Gasteiger partial charge < -0.3 is 4.98 Å². The van der Waals surface area contributed by atoms with Crippen LogP contribution in [0.15, 0.2) is 42.5 Å². The van der Waals surface area contributed by atoms with Gasteiger partial charge in [0, 0.05) is 5.69 Å². The van der Waals surface area contributed by atoms with Crippen LogP contribution in [0.1, 0.15) is 11.1 Å². The minimum atomic E-state index is 0.521. The Morgan fingerprint density at radius 1 is 1.00 bits per heavy atom. The third-order valence-electron chi connectivity index (χ3n) is 3.09. The number of benzene rings is 2. The van der Waals surface area contributed by atoms with Crippen molar-refractivity contribution in [1.82, 2.24) is 9.55 Å². The Hall–Kier alpha value is -2.89. The van der Waals surface area contributed by atoms with Gasteiger partial charge in [-0.2, -0.15) is 10.5 Å². The molecule has 2 aromatic carbocycles. The number of aromatic nitrogens is 2. The second kappa shape index (κ2) is 4.65. The van der Waals surface area contributed by atoms with Crippen LogP contribution in [-0.2, 0) is 0 Å². The average molecular weight is 276 g/mol. The summed E-state index contributed by atoms with van der Waals surface area (Å²) in [5.41, 5.74) is 3.58. The number of nitriles is 2. The summed E-state index contributed by atoms with van der Waals surface area (Å²) in [4.78, 5) is 3.06. The fraction of sp³-hybridized carbons (Fsp3) is 0. The van der Waals surface area contributed by atoms with Crippen LogP contribution < -0.4 is 0 Å². The average Bonchev–Trinajstić information content (AvgIpc) is 2.83. The molecule has 0 aliphatic heterocycles. The quantitative estimate of drug-likeness (QED) is 0.692. The van der Waals surface area contributed by atoms with Gasteiger partial charge in [0.2, 0.25) is 0 Å². The van der Waals surface area contributed by atoms with E-state index in [0.29, 0.717) is 15.9 Å². The number of aromatic amines is 1. The molecule has 0 aliphatic carbocycles. The summed E-state index contributed by atoms with van der Waals surface area (Å²) in [6.45, 7) is 0. The lowest BCUT2D eigenvalue weighted by Crippen LogP contribution is -1.93. The van der Waals surface area contributed by atoms with Crippen LogP contribution in [0.4, 0.5) is 0 Å². The molecule has 0 fully saturated rings. The van der Waals surface area contributed by atoms with Crippen molar-refractivity contribution in [2.24, 2.45) is 0 Å². The van der Waals surface area contributed by atoms with Crippen molar-refractivity contribution in [2.45, 2.75) is 0 Å². The number of rotatable bonds is 1. The first-order valence-corrected chi connectivity index (χ1v) is 6.30. The second-order valence-corrected chi connectivity index (χ2v) is 4.62. The highest BCUT2D eigenvalue weighted by Gasteiger charge is 2.09. The molecule has 0 aliphatic rings. The summed E-state index contributed by atoms with van der Waals surface area (Å²) in [7, 11) is 0. The molecule has 5 heteroatoms. The molecule has 94 valence electrons. The molecule has 0 spiro atoms. The van der Waals surface area contributed by atoms with Crippen molar-refractivity contribution in [2.75, 3.05) is 0 Å². The number of hydrogen-bond acceptors (Lipinski definition) is 3. The number of nitrogens with one attached hydrogen (secondary N) is 1. The predicted octanol–water partition coefficient (Wildman–Crippen LogP) is 3.43. The summed E-state index contributed by atoms with van der Waals surface area (Å²) in [6.07, 6.45) is 0. The van der Waals surface area contributed by atoms with Crippen molar-refractivity contribution < 1.29 is 0 Å². The summed E-state index contributed by atoms with van der Waals surface area (Å²) in [5, 5.41) is 18.0. The molecule has 1 heterocycles. The molecule has 1 aromatic heterocycles. The maximum atomic E-state index is 9.13. The summed E-state index contributed by atoms with van der Waals surface area (Å²) in [6, 6.07) is 16.9. The molecule has 3 rings (SSSR count). The zero-order valence-electron chi connectivity index (χ0n) is 10.3. The molecule has 0 unspecified atom stereocenters. The van der Waals surface area contributed by atoms with Crippen LogP contribution in [0.3, 0.4) is 0 Å². The molecule has 0 amide bonds. The van der Waals surface area contributed by atoms with Gasteiger partial charge >= 0.3 is 0 Å². The topological polar surface area (TPSA) is 68.3 Å². The first kappa shape index (κ1) is 12.2. The Morgan fingerprint density at radius 3 is 2.40 bits per heavy atom. The lowest BCUT2D eigenvalue weighted by atomic mass is 10.2. The third-order valence-corrected chi connectivity index (χ3v) is 3.38. The number of imidazole rings is 1. The maximum absolute atomic E-state index is 9.13. The van der Waals surface area contributed by atoms with E-state index in [1.807, 2.05) is 28.8 Å². The number of H-pyrrole nitrogens is 1. The van der Waals surface area contributed by atoms with Gasteiger partial charge in [0.15, 0.2) is 4.77 Å². The van der Waals surface area contributed by atoms with Crippen LogP contribution >= 0.6 is 12.2 Å². The Balaban J connectivity index is 2.32. The number of para-hydroxylation sites is 1. The van der Waals surface area contributed by atoms with E-state index in [2.05, 4.69) is 17.1 Å². The zero-order chi connectivity index (χ0) is 14.1. The van der Waals surface area contributed by atoms with Gasteiger partial charge in [0.25, 0.3) is 0 Å². The van der Waals surface area contributed by atoms with Crippen LogP contribution in [0, 0.1) is 27.4 Å². The fourth-order valence-electron chi connectivity index (χ4n) is 2.16. The van der Waals surface area contributed by atoms with Gasteiger partial charge in [-0.1, -0.05) is 6.07 Å².